The number of hydrogen-bond donors (Lipinski definition) is 0. The number of oxime groups is 1. The fourth-order valence-corrected chi connectivity index (χ4v) is 2.73. The first kappa shape index (κ1) is 19.6. The van der Waals surface area contributed by atoms with Crippen LogP contribution in [0.3, 0.4) is 0 Å². The molecule has 6 nitrogen and oxygen atoms in total. The van der Waals surface area contributed by atoms with E-state index in [1.807, 2.05) is 30.7 Å². The predicted octanol–water partition coefficient (Wildman–Crippen LogP) is 3.59. The van der Waals surface area contributed by atoms with Crippen LogP contribution in [0.25, 0.3) is 0 Å². The minimum Gasteiger partial charge on any atom is -0.490 e. The Morgan fingerprint density at radius 1 is 1.19 bits per heavy atom. The molecule has 0 amide bonds. The third-order valence-corrected chi connectivity index (χ3v) is 4.03. The second kappa shape index (κ2) is 9.65. The van der Waals surface area contributed by atoms with Gasteiger partial charge in [0.15, 0.2) is 0 Å². The molecule has 0 saturated heterocycles. The molecule has 1 aromatic heterocycles. The molecule has 0 aliphatic heterocycles. The highest BCUT2D eigenvalue weighted by Gasteiger charge is 2.11. The van der Waals surface area contributed by atoms with Crippen molar-refractivity contribution in [2.24, 2.45) is 12.2 Å². The first-order chi connectivity index (χ1) is 12.6. The zero-order valence-corrected chi connectivity index (χ0v) is 16.2. The Balaban J connectivity index is 2.02. The summed E-state index contributed by atoms with van der Waals surface area (Å²) in [6.07, 6.45) is 8.02. The van der Waals surface area contributed by atoms with Crippen LogP contribution >= 0.6 is 0 Å². The lowest BCUT2D eigenvalue weighted by atomic mass is 10.00. The van der Waals surface area contributed by atoms with Crippen LogP contribution in [0, 0.1) is 13.8 Å². The molecule has 26 heavy (non-hydrogen) atoms. The van der Waals surface area contributed by atoms with Crippen LogP contribution < -0.4 is 9.47 Å². The number of nitrogens with zero attached hydrogens (tertiary/aromatic N) is 3. The number of hydrogen-bond acceptors (Lipinski definition) is 5. The lowest BCUT2D eigenvalue weighted by molar-refractivity contribution is 0.215. The van der Waals surface area contributed by atoms with Crippen LogP contribution in [-0.2, 0) is 18.3 Å². The Hall–Kier alpha value is -2.76. The van der Waals surface area contributed by atoms with Gasteiger partial charge in [0, 0.05) is 13.5 Å². The van der Waals surface area contributed by atoms with Crippen molar-refractivity contribution in [3.8, 4) is 11.6 Å². The molecule has 6 heteroatoms. The van der Waals surface area contributed by atoms with Gasteiger partial charge in [-0.1, -0.05) is 17.3 Å². The molecular formula is C20H27N3O3. The molecule has 1 heterocycles. The van der Waals surface area contributed by atoms with Gasteiger partial charge in [-0.15, -0.1) is 0 Å². The molecule has 140 valence electrons. The fourth-order valence-electron chi connectivity index (χ4n) is 2.73. The molecule has 0 aliphatic carbocycles. The minimum absolute atomic E-state index is 0.549. The second-order valence-corrected chi connectivity index (χ2v) is 5.98. The maximum absolute atomic E-state index is 5.94. The van der Waals surface area contributed by atoms with Gasteiger partial charge >= 0.3 is 0 Å². The number of allylic oxidation sites excluding steroid dienone is 1. The van der Waals surface area contributed by atoms with E-state index in [4.69, 9.17) is 14.3 Å². The fraction of sp³-hybridized carbons (Fsp3) is 0.400. The summed E-state index contributed by atoms with van der Waals surface area (Å²) < 4.78 is 13.5. The molecular weight excluding hydrogens is 330 g/mol. The third-order valence-electron chi connectivity index (χ3n) is 4.03. The Labute approximate surface area is 155 Å². The van der Waals surface area contributed by atoms with Crippen molar-refractivity contribution >= 4 is 6.21 Å². The van der Waals surface area contributed by atoms with Crippen molar-refractivity contribution in [2.45, 2.75) is 27.2 Å². The quantitative estimate of drug-likeness (QED) is 0.391. The molecule has 0 spiro atoms. The molecule has 0 radical (unpaired) electrons. The van der Waals surface area contributed by atoms with Gasteiger partial charge in [0.05, 0.1) is 19.1 Å². The van der Waals surface area contributed by atoms with Crippen LogP contribution in [-0.4, -0.2) is 36.1 Å². The van der Waals surface area contributed by atoms with E-state index in [1.165, 1.54) is 23.8 Å². The predicted molar refractivity (Wildman–Crippen MR) is 103 cm³/mol. The number of ether oxygens (including phenoxy) is 2. The smallest absolute Gasteiger partial charge is 0.222 e. The van der Waals surface area contributed by atoms with Gasteiger partial charge in [-0.2, -0.15) is 0 Å². The van der Waals surface area contributed by atoms with Gasteiger partial charge < -0.3 is 18.9 Å². The highest BCUT2D eigenvalue weighted by Crippen LogP contribution is 2.23. The normalized spacial score (nSPS) is 11.4. The summed E-state index contributed by atoms with van der Waals surface area (Å²) in [5.74, 6) is 1.57. The first-order valence-electron chi connectivity index (χ1n) is 8.61. The summed E-state index contributed by atoms with van der Waals surface area (Å²) in [5.41, 5.74) is 4.33. The summed E-state index contributed by atoms with van der Waals surface area (Å²) in [6, 6.07) is 4.15. The zero-order valence-electron chi connectivity index (χ0n) is 16.2. The molecule has 0 fully saturated rings. The van der Waals surface area contributed by atoms with Gasteiger partial charge in [0.1, 0.15) is 25.2 Å². The van der Waals surface area contributed by atoms with Crippen molar-refractivity contribution in [1.29, 1.82) is 0 Å². The molecule has 2 aromatic rings. The number of aryl methyl sites for hydroxylation is 3. The van der Waals surface area contributed by atoms with E-state index in [0.29, 0.717) is 24.8 Å². The van der Waals surface area contributed by atoms with Crippen molar-refractivity contribution in [2.75, 3.05) is 20.3 Å². The van der Waals surface area contributed by atoms with Crippen LogP contribution in [0.15, 0.2) is 35.8 Å². The summed E-state index contributed by atoms with van der Waals surface area (Å²) in [6.45, 7) is 7.33. The van der Waals surface area contributed by atoms with Crippen molar-refractivity contribution < 1.29 is 14.3 Å². The molecule has 2 rings (SSSR count). The van der Waals surface area contributed by atoms with Gasteiger partial charge in [-0.3, -0.25) is 0 Å². The van der Waals surface area contributed by atoms with Crippen molar-refractivity contribution in [3.05, 3.63) is 53.0 Å². The van der Waals surface area contributed by atoms with E-state index in [2.05, 4.69) is 36.1 Å². The van der Waals surface area contributed by atoms with E-state index in [9.17, 15) is 0 Å². The van der Waals surface area contributed by atoms with Crippen LogP contribution in [0.5, 0.6) is 11.6 Å². The maximum Gasteiger partial charge on any atom is 0.222 e. The standard InChI is InChI=1S/C20H27N3O3/c1-6-7-9-25-17-11-15(2)18(16(3)12-17)8-10-26-20-19(13-22-24-5)21-14-23(20)4/h6-7,11-14H,8-10H2,1-5H3/b7-6+,22-13+. The molecule has 0 saturated carbocycles. The van der Waals surface area contributed by atoms with E-state index in [-0.39, 0.29) is 0 Å². The Bertz CT molecular complexity index is 756. The van der Waals surface area contributed by atoms with Gasteiger partial charge in [-0.25, -0.2) is 4.98 Å². The monoisotopic (exact) mass is 357 g/mol. The number of aromatic nitrogens is 2. The zero-order chi connectivity index (χ0) is 18.9. The van der Waals surface area contributed by atoms with Crippen LogP contribution in [0.2, 0.25) is 0 Å². The van der Waals surface area contributed by atoms with E-state index in [0.717, 1.165) is 12.2 Å². The average molecular weight is 357 g/mol. The third kappa shape index (κ3) is 5.12. The first-order valence-corrected chi connectivity index (χ1v) is 8.61. The summed E-state index contributed by atoms with van der Waals surface area (Å²) in [4.78, 5) is 8.96. The van der Waals surface area contributed by atoms with Crippen molar-refractivity contribution in [1.82, 2.24) is 9.55 Å². The lowest BCUT2D eigenvalue weighted by Gasteiger charge is -2.14. The number of rotatable bonds is 9. The Morgan fingerprint density at radius 3 is 2.58 bits per heavy atom. The van der Waals surface area contributed by atoms with Crippen molar-refractivity contribution in [3.63, 3.8) is 0 Å². The topological polar surface area (TPSA) is 57.9 Å². The van der Waals surface area contributed by atoms with E-state index in [1.54, 1.807) is 12.5 Å². The number of imidazole rings is 1. The molecule has 0 aliphatic rings. The largest absolute Gasteiger partial charge is 0.490 e. The van der Waals surface area contributed by atoms with E-state index >= 15 is 0 Å². The second-order valence-electron chi connectivity index (χ2n) is 5.98. The highest BCUT2D eigenvalue weighted by molar-refractivity contribution is 5.79. The summed E-state index contributed by atoms with van der Waals surface area (Å²) in [5, 5.41) is 3.75. The Morgan fingerprint density at radius 2 is 1.92 bits per heavy atom. The minimum atomic E-state index is 0.549. The van der Waals surface area contributed by atoms with Crippen LogP contribution in [0.4, 0.5) is 0 Å². The number of benzene rings is 1. The molecule has 1 aromatic carbocycles. The lowest BCUT2D eigenvalue weighted by Crippen LogP contribution is -2.08. The van der Waals surface area contributed by atoms with Crippen LogP contribution in [0.1, 0.15) is 29.3 Å². The Kier molecular flexibility index (Phi) is 7.26. The average Bonchev–Trinajstić information content (AvgIpc) is 2.95. The molecule has 0 N–H and O–H groups in total. The molecule has 0 unspecified atom stereocenters. The molecule has 0 atom stereocenters. The molecule has 0 bridgehead atoms. The maximum atomic E-state index is 5.94. The van der Waals surface area contributed by atoms with E-state index < -0.39 is 0 Å². The van der Waals surface area contributed by atoms with Gasteiger partial charge in [0.2, 0.25) is 5.88 Å². The van der Waals surface area contributed by atoms with Gasteiger partial charge in [-0.05, 0) is 49.6 Å². The summed E-state index contributed by atoms with van der Waals surface area (Å²) >= 11 is 0. The highest BCUT2D eigenvalue weighted by atomic mass is 16.6. The van der Waals surface area contributed by atoms with Gasteiger partial charge in [0.25, 0.3) is 0 Å². The SMILES string of the molecule is C/C=C/COc1cc(C)c(CCOc2c(/C=N/OC)ncn2C)c(C)c1. The summed E-state index contributed by atoms with van der Waals surface area (Å²) in [7, 11) is 3.39.